The number of nitrogens with zero attached hydrogens (tertiary/aromatic N) is 6. The lowest BCUT2D eigenvalue weighted by atomic mass is 10.3. The van der Waals surface area contributed by atoms with Gasteiger partial charge in [0.05, 0.1) is 0 Å². The van der Waals surface area contributed by atoms with Crippen molar-refractivity contribution in [1.29, 1.82) is 0 Å². The summed E-state index contributed by atoms with van der Waals surface area (Å²) >= 11 is 5.85. The second kappa shape index (κ2) is 6.44. The fraction of sp³-hybridized carbons (Fsp3) is 0.455. The zero-order chi connectivity index (χ0) is 15.4. The molecule has 0 bridgehead atoms. The summed E-state index contributed by atoms with van der Waals surface area (Å²) in [5, 5.41) is 9.56. The molecule has 1 atom stereocenters. The maximum absolute atomic E-state index is 11.9. The van der Waals surface area contributed by atoms with Gasteiger partial charge < -0.3 is 10.6 Å². The Balaban J connectivity index is 2.15. The van der Waals surface area contributed by atoms with E-state index in [0.29, 0.717) is 0 Å². The molecule has 10 heteroatoms. The fourth-order valence-electron chi connectivity index (χ4n) is 1.49. The molecule has 0 radical (unpaired) electrons. The summed E-state index contributed by atoms with van der Waals surface area (Å²) in [4.78, 5) is 27.7. The molecule has 21 heavy (non-hydrogen) atoms. The van der Waals surface area contributed by atoms with Crippen molar-refractivity contribution >= 4 is 23.5 Å². The number of carbonyl (C=O) groups excluding carboxylic acids is 1. The Morgan fingerprint density at radius 2 is 2.05 bits per heavy atom. The largest absolute Gasteiger partial charge is 0.352 e. The van der Waals surface area contributed by atoms with Crippen molar-refractivity contribution < 1.29 is 4.79 Å². The Morgan fingerprint density at radius 3 is 2.67 bits per heavy atom. The maximum atomic E-state index is 11.9. The lowest BCUT2D eigenvalue weighted by Crippen LogP contribution is -2.41. The van der Waals surface area contributed by atoms with Gasteiger partial charge in [0.1, 0.15) is 18.7 Å². The molecule has 0 saturated carbocycles. The molecule has 2 rings (SSSR count). The minimum absolute atomic E-state index is 0.00512. The van der Waals surface area contributed by atoms with Gasteiger partial charge in [-0.1, -0.05) is 0 Å². The van der Waals surface area contributed by atoms with Crippen LogP contribution in [0.5, 0.6) is 0 Å². The minimum atomic E-state index is -0.519. The van der Waals surface area contributed by atoms with Crippen LogP contribution >= 0.6 is 11.6 Å². The summed E-state index contributed by atoms with van der Waals surface area (Å²) in [6, 6.07) is -0.469. The number of rotatable bonds is 5. The van der Waals surface area contributed by atoms with Crippen LogP contribution in [0.3, 0.4) is 0 Å². The molecule has 1 unspecified atom stereocenters. The van der Waals surface area contributed by atoms with Crippen LogP contribution in [0.2, 0.25) is 5.28 Å². The summed E-state index contributed by atoms with van der Waals surface area (Å²) in [6.45, 7) is 5.46. The number of hydrogen-bond acceptors (Lipinski definition) is 7. The molecular weight excluding hydrogens is 296 g/mol. The fourth-order valence-corrected chi connectivity index (χ4v) is 1.64. The summed E-state index contributed by atoms with van der Waals surface area (Å²) in [5.41, 5.74) is 0. The first-order valence-corrected chi connectivity index (χ1v) is 6.67. The van der Waals surface area contributed by atoms with Crippen LogP contribution < -0.4 is 10.6 Å². The summed E-state index contributed by atoms with van der Waals surface area (Å²) < 4.78 is 1.34. The van der Waals surface area contributed by atoms with Gasteiger partial charge in [-0.15, -0.1) is 0 Å². The van der Waals surface area contributed by atoms with Crippen molar-refractivity contribution in [3.8, 4) is 5.95 Å². The molecule has 0 aromatic carbocycles. The van der Waals surface area contributed by atoms with Crippen molar-refractivity contribution in [3.63, 3.8) is 0 Å². The van der Waals surface area contributed by atoms with Crippen LogP contribution in [0.1, 0.15) is 20.8 Å². The molecule has 2 aromatic heterocycles. The topological polar surface area (TPSA) is 111 Å². The SMILES string of the molecule is CC(C)NC(=O)C(C)Nc1nc(Cl)nc(-n2cncn2)n1. The Hall–Kier alpha value is -2.29. The molecule has 0 aliphatic carbocycles. The molecule has 112 valence electrons. The zero-order valence-corrected chi connectivity index (χ0v) is 12.5. The lowest BCUT2D eigenvalue weighted by Gasteiger charge is -2.16. The van der Waals surface area contributed by atoms with Crippen molar-refractivity contribution in [3.05, 3.63) is 17.9 Å². The molecule has 2 heterocycles. The Kier molecular flexibility index (Phi) is 4.63. The van der Waals surface area contributed by atoms with Crippen molar-refractivity contribution in [2.45, 2.75) is 32.9 Å². The van der Waals surface area contributed by atoms with Gasteiger partial charge >= 0.3 is 0 Å². The van der Waals surface area contributed by atoms with Gasteiger partial charge in [-0.25, -0.2) is 4.98 Å². The van der Waals surface area contributed by atoms with E-state index >= 15 is 0 Å². The second-order valence-corrected chi connectivity index (χ2v) is 4.94. The van der Waals surface area contributed by atoms with Crippen LogP contribution in [-0.4, -0.2) is 47.7 Å². The molecule has 0 spiro atoms. The Labute approximate surface area is 126 Å². The highest BCUT2D eigenvalue weighted by Crippen LogP contribution is 2.09. The molecule has 9 nitrogen and oxygen atoms in total. The van der Waals surface area contributed by atoms with Gasteiger partial charge in [0.2, 0.25) is 17.1 Å². The standard InChI is InChI=1S/C11H15ClN8O/c1-6(2)15-8(21)7(3)16-10-17-9(12)18-11(19-10)20-5-13-4-14-20/h4-7H,1-3H3,(H,15,21)(H,16,17,18,19). The predicted octanol–water partition coefficient (Wildman–Crippen LogP) is 0.431. The number of nitrogens with one attached hydrogen (secondary N) is 2. The average molecular weight is 311 g/mol. The molecular formula is C11H15ClN8O. The van der Waals surface area contributed by atoms with Crippen LogP contribution in [0, 0.1) is 0 Å². The van der Waals surface area contributed by atoms with E-state index in [4.69, 9.17) is 11.6 Å². The van der Waals surface area contributed by atoms with E-state index in [-0.39, 0.29) is 29.1 Å². The third-order valence-electron chi connectivity index (χ3n) is 2.39. The first-order chi connectivity index (χ1) is 9.95. The normalized spacial score (nSPS) is 12.2. The van der Waals surface area contributed by atoms with Gasteiger partial charge in [0.25, 0.3) is 5.95 Å². The summed E-state index contributed by atoms with van der Waals surface area (Å²) in [7, 11) is 0. The van der Waals surface area contributed by atoms with E-state index in [1.54, 1.807) is 6.92 Å². The van der Waals surface area contributed by atoms with Gasteiger partial charge in [0, 0.05) is 6.04 Å². The highest BCUT2D eigenvalue weighted by molar-refractivity contribution is 6.28. The van der Waals surface area contributed by atoms with Crippen LogP contribution in [0.25, 0.3) is 5.95 Å². The third-order valence-corrected chi connectivity index (χ3v) is 2.56. The van der Waals surface area contributed by atoms with Crippen LogP contribution in [-0.2, 0) is 4.79 Å². The van der Waals surface area contributed by atoms with Crippen molar-refractivity contribution in [1.82, 2.24) is 35.0 Å². The van der Waals surface area contributed by atoms with E-state index in [9.17, 15) is 4.79 Å². The number of aromatic nitrogens is 6. The van der Waals surface area contributed by atoms with Gasteiger partial charge in [-0.05, 0) is 32.4 Å². The summed E-state index contributed by atoms with van der Waals surface area (Å²) in [6.07, 6.45) is 2.79. The number of halogens is 1. The molecule has 0 fully saturated rings. The van der Waals surface area contributed by atoms with E-state index in [0.717, 1.165) is 0 Å². The maximum Gasteiger partial charge on any atom is 0.258 e. The zero-order valence-electron chi connectivity index (χ0n) is 11.8. The minimum Gasteiger partial charge on any atom is -0.352 e. The molecule has 2 N–H and O–H groups in total. The Morgan fingerprint density at radius 1 is 1.29 bits per heavy atom. The average Bonchev–Trinajstić information content (AvgIpc) is 2.90. The van der Waals surface area contributed by atoms with Crippen LogP contribution in [0.15, 0.2) is 12.7 Å². The number of carbonyl (C=O) groups is 1. The van der Waals surface area contributed by atoms with Crippen LogP contribution in [0.4, 0.5) is 5.95 Å². The second-order valence-electron chi connectivity index (χ2n) is 4.60. The molecule has 0 aliphatic heterocycles. The van der Waals surface area contributed by atoms with E-state index in [2.05, 4.69) is 35.7 Å². The molecule has 0 saturated heterocycles. The van der Waals surface area contributed by atoms with Crippen molar-refractivity contribution in [2.75, 3.05) is 5.32 Å². The van der Waals surface area contributed by atoms with Crippen molar-refractivity contribution in [2.24, 2.45) is 0 Å². The molecule has 0 aliphatic rings. The quantitative estimate of drug-likeness (QED) is 0.823. The lowest BCUT2D eigenvalue weighted by molar-refractivity contribution is -0.122. The third kappa shape index (κ3) is 4.09. The van der Waals surface area contributed by atoms with Gasteiger partial charge in [-0.3, -0.25) is 4.79 Å². The summed E-state index contributed by atoms with van der Waals surface area (Å²) in [5.74, 6) is 0.238. The number of amides is 1. The van der Waals surface area contributed by atoms with E-state index in [1.807, 2.05) is 13.8 Å². The van der Waals surface area contributed by atoms with E-state index in [1.165, 1.54) is 17.3 Å². The monoisotopic (exact) mass is 310 g/mol. The van der Waals surface area contributed by atoms with E-state index < -0.39 is 6.04 Å². The highest BCUT2D eigenvalue weighted by atomic mass is 35.5. The Bertz CT molecular complexity index is 615. The van der Waals surface area contributed by atoms with Gasteiger partial charge in [0.15, 0.2) is 0 Å². The smallest absolute Gasteiger partial charge is 0.258 e. The number of anilines is 1. The number of hydrogen-bond donors (Lipinski definition) is 2. The highest BCUT2D eigenvalue weighted by Gasteiger charge is 2.16. The predicted molar refractivity (Wildman–Crippen MR) is 76.1 cm³/mol. The van der Waals surface area contributed by atoms with Gasteiger partial charge in [-0.2, -0.15) is 24.7 Å². The first kappa shape index (κ1) is 15.1. The molecule has 1 amide bonds. The first-order valence-electron chi connectivity index (χ1n) is 6.29. The molecule has 2 aromatic rings.